The first-order valence-corrected chi connectivity index (χ1v) is 15.3. The minimum Gasteiger partial charge on any atom is -0.494 e. The zero-order valence-electron chi connectivity index (χ0n) is 25.0. The number of carbonyl (C=O) groups excluding carboxylic acids is 3. The fourth-order valence-corrected chi connectivity index (χ4v) is 6.09. The zero-order chi connectivity index (χ0) is 30.5. The van der Waals surface area contributed by atoms with Crippen LogP contribution >= 0.6 is 0 Å². The molecular weight excluding hydrogens is 560 g/mol. The number of ether oxygens (including phenoxy) is 3. The number of hydrogen-bond donors (Lipinski definition) is 1. The number of rotatable bonds is 10. The molecule has 0 radical (unpaired) electrons. The lowest BCUT2D eigenvalue weighted by atomic mass is 9.85. The van der Waals surface area contributed by atoms with Gasteiger partial charge >= 0.3 is 0 Å². The van der Waals surface area contributed by atoms with Crippen molar-refractivity contribution in [3.05, 3.63) is 83.9 Å². The summed E-state index contributed by atoms with van der Waals surface area (Å²) < 4.78 is 16.5. The van der Waals surface area contributed by atoms with Crippen molar-refractivity contribution in [3.8, 4) is 17.2 Å². The number of likely N-dealkylation sites (tertiary alicyclic amines) is 1. The van der Waals surface area contributed by atoms with Crippen molar-refractivity contribution in [1.29, 1.82) is 0 Å². The summed E-state index contributed by atoms with van der Waals surface area (Å²) in [4.78, 5) is 46.0. The SMILES string of the molecule is CCCCOc1ccc(C(=O)N2CCC3(CC2)C(=O)N(CC(=O)NCc2ccc4c(c2)OCO4)CN3c2ccccc2)cc1. The first kappa shape index (κ1) is 29.3. The number of unbranched alkanes of at least 4 members (excludes halogenated alkanes) is 1. The highest BCUT2D eigenvalue weighted by molar-refractivity contribution is 5.97. The Bertz CT molecular complexity index is 1490. The average molecular weight is 599 g/mol. The number of fused-ring (bicyclic) bond motifs is 1. The van der Waals surface area contributed by atoms with Crippen molar-refractivity contribution in [2.75, 3.05) is 44.6 Å². The molecule has 3 amide bonds. The summed E-state index contributed by atoms with van der Waals surface area (Å²) in [6.07, 6.45) is 2.99. The summed E-state index contributed by atoms with van der Waals surface area (Å²) in [7, 11) is 0. The van der Waals surface area contributed by atoms with Gasteiger partial charge in [0, 0.05) is 30.9 Å². The number of para-hydroxylation sites is 1. The molecule has 3 aliphatic rings. The number of benzene rings is 3. The van der Waals surface area contributed by atoms with E-state index in [1.165, 1.54) is 0 Å². The van der Waals surface area contributed by atoms with E-state index in [4.69, 9.17) is 14.2 Å². The second-order valence-corrected chi connectivity index (χ2v) is 11.4. The van der Waals surface area contributed by atoms with Gasteiger partial charge in [0.25, 0.3) is 11.8 Å². The van der Waals surface area contributed by atoms with Gasteiger partial charge < -0.3 is 34.2 Å². The van der Waals surface area contributed by atoms with Gasteiger partial charge in [0.05, 0.1) is 13.3 Å². The molecule has 230 valence electrons. The molecule has 0 unspecified atom stereocenters. The zero-order valence-corrected chi connectivity index (χ0v) is 25.0. The third kappa shape index (κ3) is 6.02. The van der Waals surface area contributed by atoms with E-state index in [1.807, 2.05) is 65.6 Å². The van der Waals surface area contributed by atoms with Gasteiger partial charge in [0.2, 0.25) is 12.7 Å². The Morgan fingerprint density at radius 3 is 2.45 bits per heavy atom. The van der Waals surface area contributed by atoms with E-state index in [0.717, 1.165) is 29.8 Å². The maximum absolute atomic E-state index is 14.1. The number of nitrogens with zero attached hydrogens (tertiary/aromatic N) is 3. The van der Waals surface area contributed by atoms with E-state index < -0.39 is 5.54 Å². The molecule has 1 N–H and O–H groups in total. The Balaban J connectivity index is 1.10. The Hall–Kier alpha value is -4.73. The highest BCUT2D eigenvalue weighted by Gasteiger charge is 2.54. The van der Waals surface area contributed by atoms with Gasteiger partial charge in [-0.3, -0.25) is 14.4 Å². The minimum absolute atomic E-state index is 0.0518. The molecular formula is C34H38N4O6. The monoisotopic (exact) mass is 598 g/mol. The molecule has 2 saturated heterocycles. The summed E-state index contributed by atoms with van der Waals surface area (Å²) in [6.45, 7) is 4.40. The van der Waals surface area contributed by atoms with Crippen molar-refractivity contribution in [1.82, 2.24) is 15.1 Å². The first-order chi connectivity index (χ1) is 21.5. The summed E-state index contributed by atoms with van der Waals surface area (Å²) in [5, 5.41) is 2.93. The van der Waals surface area contributed by atoms with Crippen LogP contribution in [0.3, 0.4) is 0 Å². The minimum atomic E-state index is -0.827. The summed E-state index contributed by atoms with van der Waals surface area (Å²) in [6, 6.07) is 22.6. The van der Waals surface area contributed by atoms with Gasteiger partial charge in [0.1, 0.15) is 17.8 Å². The van der Waals surface area contributed by atoms with Crippen LogP contribution in [0.15, 0.2) is 72.8 Å². The molecule has 3 aromatic carbocycles. The molecule has 2 fully saturated rings. The summed E-state index contributed by atoms with van der Waals surface area (Å²) >= 11 is 0. The molecule has 0 atom stereocenters. The maximum Gasteiger partial charge on any atom is 0.253 e. The van der Waals surface area contributed by atoms with Crippen molar-refractivity contribution in [3.63, 3.8) is 0 Å². The smallest absolute Gasteiger partial charge is 0.253 e. The highest BCUT2D eigenvalue weighted by Crippen LogP contribution is 2.40. The molecule has 10 nitrogen and oxygen atoms in total. The Kier molecular flexibility index (Phi) is 8.58. The van der Waals surface area contributed by atoms with Gasteiger partial charge in [0.15, 0.2) is 11.5 Å². The normalized spacial score (nSPS) is 16.8. The molecule has 1 spiro atoms. The first-order valence-electron chi connectivity index (χ1n) is 15.3. The van der Waals surface area contributed by atoms with Crippen LogP contribution in [0.4, 0.5) is 5.69 Å². The standard InChI is InChI=1S/C34H38N4O6/c1-2-3-19-42-28-12-10-26(11-13-28)32(40)36-17-15-34(16-18-36)33(41)37(23-38(34)27-7-5-4-6-8-27)22-31(39)35-21-25-9-14-29-30(20-25)44-24-43-29/h4-14,20H,2-3,15-19,21-24H2,1H3,(H,35,39). The molecule has 3 aromatic rings. The molecule has 44 heavy (non-hydrogen) atoms. The van der Waals surface area contributed by atoms with E-state index in [9.17, 15) is 14.4 Å². The van der Waals surface area contributed by atoms with Crippen LogP contribution in [0.2, 0.25) is 0 Å². The van der Waals surface area contributed by atoms with Crippen molar-refractivity contribution >= 4 is 23.4 Å². The van der Waals surface area contributed by atoms with Crippen LogP contribution in [0.1, 0.15) is 48.5 Å². The Morgan fingerprint density at radius 1 is 0.955 bits per heavy atom. The number of carbonyl (C=O) groups is 3. The van der Waals surface area contributed by atoms with E-state index in [0.29, 0.717) is 62.8 Å². The second kappa shape index (κ2) is 12.9. The summed E-state index contributed by atoms with van der Waals surface area (Å²) in [5.41, 5.74) is 1.57. The van der Waals surface area contributed by atoms with E-state index in [2.05, 4.69) is 17.1 Å². The average Bonchev–Trinajstić information content (AvgIpc) is 3.63. The predicted molar refractivity (Wildman–Crippen MR) is 165 cm³/mol. The summed E-state index contributed by atoms with van der Waals surface area (Å²) in [5.74, 6) is 1.72. The van der Waals surface area contributed by atoms with E-state index in [1.54, 1.807) is 17.0 Å². The largest absolute Gasteiger partial charge is 0.494 e. The third-order valence-electron chi connectivity index (χ3n) is 8.59. The molecule has 0 saturated carbocycles. The molecule has 0 aliphatic carbocycles. The molecule has 0 aromatic heterocycles. The van der Waals surface area contributed by atoms with E-state index >= 15 is 0 Å². The van der Waals surface area contributed by atoms with E-state index in [-0.39, 0.29) is 31.1 Å². The van der Waals surface area contributed by atoms with Gasteiger partial charge in [-0.1, -0.05) is 37.6 Å². The number of nitrogens with one attached hydrogen (secondary N) is 1. The van der Waals surface area contributed by atoms with Gasteiger partial charge in [-0.05, 0) is 73.4 Å². The van der Waals surface area contributed by atoms with Crippen LogP contribution in [0, 0.1) is 0 Å². The highest BCUT2D eigenvalue weighted by atomic mass is 16.7. The lowest BCUT2D eigenvalue weighted by molar-refractivity contribution is -0.137. The van der Waals surface area contributed by atoms with Crippen molar-refractivity contribution in [2.45, 2.75) is 44.7 Å². The number of hydrogen-bond acceptors (Lipinski definition) is 7. The quantitative estimate of drug-likeness (QED) is 0.350. The van der Waals surface area contributed by atoms with Crippen LogP contribution in [-0.4, -0.2) is 72.8 Å². The number of amides is 3. The van der Waals surface area contributed by atoms with Crippen molar-refractivity contribution < 1.29 is 28.6 Å². The second-order valence-electron chi connectivity index (χ2n) is 11.4. The molecule has 0 bridgehead atoms. The Labute approximate surface area is 257 Å². The molecule has 3 heterocycles. The van der Waals surface area contributed by atoms with Crippen LogP contribution in [0.5, 0.6) is 17.2 Å². The molecule has 6 rings (SSSR count). The topological polar surface area (TPSA) is 101 Å². The Morgan fingerprint density at radius 2 is 1.70 bits per heavy atom. The molecule has 3 aliphatic heterocycles. The predicted octanol–water partition coefficient (Wildman–Crippen LogP) is 4.19. The van der Waals surface area contributed by atoms with Crippen molar-refractivity contribution in [2.24, 2.45) is 0 Å². The fourth-order valence-electron chi connectivity index (χ4n) is 6.09. The van der Waals surface area contributed by atoms with Crippen LogP contribution in [-0.2, 0) is 16.1 Å². The number of anilines is 1. The van der Waals surface area contributed by atoms with Crippen LogP contribution < -0.4 is 24.4 Å². The molecule has 10 heteroatoms. The fraction of sp³-hybridized carbons (Fsp3) is 0.382. The number of piperidine rings is 1. The van der Waals surface area contributed by atoms with Gasteiger partial charge in [-0.2, -0.15) is 0 Å². The van der Waals surface area contributed by atoms with Gasteiger partial charge in [-0.15, -0.1) is 0 Å². The van der Waals surface area contributed by atoms with Gasteiger partial charge in [-0.25, -0.2) is 0 Å². The maximum atomic E-state index is 14.1. The third-order valence-corrected chi connectivity index (χ3v) is 8.59. The van der Waals surface area contributed by atoms with Crippen LogP contribution in [0.25, 0.3) is 0 Å². The lowest BCUT2D eigenvalue weighted by Crippen LogP contribution is -2.57. The lowest BCUT2D eigenvalue weighted by Gasteiger charge is -2.43.